The minimum absolute atomic E-state index is 0.201. The zero-order chi connectivity index (χ0) is 21.3. The van der Waals surface area contributed by atoms with Crippen molar-refractivity contribution in [1.29, 1.82) is 0 Å². The quantitative estimate of drug-likeness (QED) is 0.587. The average Bonchev–Trinajstić information content (AvgIpc) is 2.60. The minimum atomic E-state index is -0.970. The van der Waals surface area contributed by atoms with E-state index in [4.69, 9.17) is 9.47 Å². The van der Waals surface area contributed by atoms with Crippen molar-refractivity contribution in [3.05, 3.63) is 0 Å². The maximum Gasteiger partial charge on any atom is 0.407 e. The molecule has 1 fully saturated rings. The van der Waals surface area contributed by atoms with Gasteiger partial charge >= 0.3 is 6.09 Å². The van der Waals surface area contributed by atoms with Crippen LogP contribution in [-0.4, -0.2) is 62.1 Å². The number of ether oxygens (including phenoxy) is 2. The first-order valence-electron chi connectivity index (χ1n) is 9.64. The van der Waals surface area contributed by atoms with Crippen LogP contribution in [0.15, 0.2) is 0 Å². The number of hydrogen-bond acceptors (Lipinski definition) is 6. The predicted molar refractivity (Wildman–Crippen MR) is 103 cm³/mol. The number of ketones is 1. The van der Waals surface area contributed by atoms with Gasteiger partial charge in [0, 0.05) is 13.2 Å². The van der Waals surface area contributed by atoms with E-state index < -0.39 is 35.8 Å². The highest BCUT2D eigenvalue weighted by Gasteiger charge is 2.32. The summed E-state index contributed by atoms with van der Waals surface area (Å²) < 4.78 is 10.5. The van der Waals surface area contributed by atoms with Gasteiger partial charge in [0.1, 0.15) is 6.04 Å². The first kappa shape index (κ1) is 23.9. The van der Waals surface area contributed by atoms with Crippen LogP contribution in [0.1, 0.15) is 47.5 Å². The van der Waals surface area contributed by atoms with E-state index in [9.17, 15) is 19.2 Å². The summed E-state index contributed by atoms with van der Waals surface area (Å²) in [6, 6.07) is -1.86. The second kappa shape index (κ2) is 11.0. The van der Waals surface area contributed by atoms with Crippen LogP contribution in [0.3, 0.4) is 0 Å². The summed E-state index contributed by atoms with van der Waals surface area (Å²) in [5.41, 5.74) is -0.204. The van der Waals surface area contributed by atoms with Gasteiger partial charge in [-0.2, -0.15) is 0 Å². The van der Waals surface area contributed by atoms with Gasteiger partial charge in [-0.05, 0) is 24.2 Å². The van der Waals surface area contributed by atoms with Crippen LogP contribution in [0.2, 0.25) is 0 Å². The molecule has 1 aliphatic heterocycles. The van der Waals surface area contributed by atoms with Crippen molar-refractivity contribution in [3.8, 4) is 0 Å². The molecule has 0 bridgehead atoms. The number of Topliss-reactive ketones (excluding diaryl/α,β-unsaturated/α-hetero) is 1. The summed E-state index contributed by atoms with van der Waals surface area (Å²) in [5.74, 6) is -2.23. The molecule has 2 unspecified atom stereocenters. The number of hydrogen-bond donors (Lipinski definition) is 3. The molecular formula is C19H33N3O6. The van der Waals surface area contributed by atoms with Gasteiger partial charge in [0.15, 0.2) is 0 Å². The van der Waals surface area contributed by atoms with Gasteiger partial charge in [0.2, 0.25) is 11.7 Å². The third-order valence-electron chi connectivity index (χ3n) is 4.03. The highest BCUT2D eigenvalue weighted by atomic mass is 16.5. The molecule has 1 heterocycles. The van der Waals surface area contributed by atoms with Crippen molar-refractivity contribution < 1.29 is 28.7 Å². The van der Waals surface area contributed by atoms with Crippen molar-refractivity contribution in [2.24, 2.45) is 11.3 Å². The number of carbonyl (C=O) groups excluding carboxylic acids is 4. The third kappa shape index (κ3) is 8.69. The second-order valence-corrected chi connectivity index (χ2v) is 8.44. The molecule has 3 amide bonds. The zero-order valence-electron chi connectivity index (χ0n) is 17.4. The van der Waals surface area contributed by atoms with Gasteiger partial charge in [0.25, 0.3) is 5.91 Å². The lowest BCUT2D eigenvalue weighted by Gasteiger charge is -2.26. The zero-order valence-corrected chi connectivity index (χ0v) is 17.4. The first-order valence-corrected chi connectivity index (χ1v) is 9.64. The van der Waals surface area contributed by atoms with E-state index in [-0.39, 0.29) is 30.9 Å². The lowest BCUT2D eigenvalue weighted by Crippen LogP contribution is -2.55. The van der Waals surface area contributed by atoms with Crippen molar-refractivity contribution in [2.75, 3.05) is 26.4 Å². The molecule has 1 saturated heterocycles. The molecule has 0 aromatic rings. The fraction of sp³-hybridized carbons (Fsp3) is 0.789. The molecule has 0 aromatic carbocycles. The Hall–Kier alpha value is -2.16. The predicted octanol–water partition coefficient (Wildman–Crippen LogP) is 0.764. The van der Waals surface area contributed by atoms with Crippen LogP contribution in [0.5, 0.6) is 0 Å². The van der Waals surface area contributed by atoms with Crippen molar-refractivity contribution >= 4 is 23.7 Å². The summed E-state index contributed by atoms with van der Waals surface area (Å²) in [6.45, 7) is 10.5. The Morgan fingerprint density at radius 3 is 2.54 bits per heavy atom. The molecule has 1 rings (SSSR count). The third-order valence-corrected chi connectivity index (χ3v) is 4.03. The van der Waals surface area contributed by atoms with E-state index in [1.807, 2.05) is 20.8 Å². The van der Waals surface area contributed by atoms with Crippen LogP contribution in [0, 0.1) is 11.3 Å². The molecule has 0 aliphatic carbocycles. The van der Waals surface area contributed by atoms with E-state index in [1.165, 1.54) is 0 Å². The molecule has 0 saturated carbocycles. The van der Waals surface area contributed by atoms with Crippen LogP contribution < -0.4 is 16.0 Å². The number of nitrogens with one attached hydrogen (secondary N) is 3. The summed E-state index contributed by atoms with van der Waals surface area (Å²) in [5, 5.41) is 7.61. The number of carbonyl (C=O) groups is 4. The molecule has 3 N–H and O–H groups in total. The van der Waals surface area contributed by atoms with E-state index in [2.05, 4.69) is 16.0 Å². The number of alkyl carbamates (subject to hydrolysis) is 1. The van der Waals surface area contributed by atoms with E-state index in [0.29, 0.717) is 19.6 Å². The van der Waals surface area contributed by atoms with Gasteiger partial charge < -0.3 is 25.4 Å². The molecule has 0 spiro atoms. The van der Waals surface area contributed by atoms with Crippen LogP contribution in [-0.2, 0) is 23.9 Å². The molecule has 160 valence electrons. The lowest BCUT2D eigenvalue weighted by atomic mass is 9.99. The SMILES string of the molecule is CC(C)C(NC(=O)OCC(C)(C)C)C(=O)NC1CCCOCCNC(=O)C1=O. The van der Waals surface area contributed by atoms with Gasteiger partial charge in [0.05, 0.1) is 19.3 Å². The van der Waals surface area contributed by atoms with Crippen LogP contribution in [0.25, 0.3) is 0 Å². The standard InChI is InChI=1S/C19H33N3O6/c1-12(2)14(22-18(26)28-11-19(3,4)5)16(24)21-13-7-6-9-27-10-8-20-17(25)15(13)23/h12-14H,6-11H2,1-5H3,(H,20,25)(H,21,24)(H,22,26). The molecule has 28 heavy (non-hydrogen) atoms. The molecule has 9 nitrogen and oxygen atoms in total. The van der Waals surface area contributed by atoms with Crippen molar-refractivity contribution in [1.82, 2.24) is 16.0 Å². The van der Waals surface area contributed by atoms with Gasteiger partial charge in [-0.15, -0.1) is 0 Å². The Bertz CT molecular complexity index is 571. The smallest absolute Gasteiger partial charge is 0.407 e. The van der Waals surface area contributed by atoms with Crippen LogP contribution >= 0.6 is 0 Å². The summed E-state index contributed by atoms with van der Waals surface area (Å²) in [4.78, 5) is 49.0. The van der Waals surface area contributed by atoms with Gasteiger partial charge in [-0.25, -0.2) is 4.79 Å². The Labute approximate surface area is 166 Å². The van der Waals surface area contributed by atoms with Crippen molar-refractivity contribution in [3.63, 3.8) is 0 Å². The summed E-state index contributed by atoms with van der Waals surface area (Å²) in [6.07, 6.45) is 0.0986. The van der Waals surface area contributed by atoms with Crippen molar-refractivity contribution in [2.45, 2.75) is 59.5 Å². The first-order chi connectivity index (χ1) is 13.0. The fourth-order valence-electron chi connectivity index (χ4n) is 2.49. The van der Waals surface area contributed by atoms with Gasteiger partial charge in [-0.1, -0.05) is 34.6 Å². The molecule has 0 radical (unpaired) electrons. The normalized spacial score (nSPS) is 20.1. The molecule has 1 aliphatic rings. The van der Waals surface area contributed by atoms with E-state index in [0.717, 1.165) is 0 Å². The maximum atomic E-state index is 12.7. The largest absolute Gasteiger partial charge is 0.449 e. The summed E-state index contributed by atoms with van der Waals surface area (Å²) >= 11 is 0. The molecule has 0 aromatic heterocycles. The maximum absolute atomic E-state index is 12.7. The Morgan fingerprint density at radius 1 is 1.25 bits per heavy atom. The summed E-state index contributed by atoms with van der Waals surface area (Å²) in [7, 11) is 0. The number of rotatable bonds is 5. The highest BCUT2D eigenvalue weighted by molar-refractivity contribution is 6.38. The average molecular weight is 399 g/mol. The minimum Gasteiger partial charge on any atom is -0.449 e. The monoisotopic (exact) mass is 399 g/mol. The molecule has 2 atom stereocenters. The van der Waals surface area contributed by atoms with E-state index >= 15 is 0 Å². The molecular weight excluding hydrogens is 366 g/mol. The van der Waals surface area contributed by atoms with E-state index in [1.54, 1.807) is 13.8 Å². The molecule has 9 heteroatoms. The lowest BCUT2D eigenvalue weighted by molar-refractivity contribution is -0.140. The highest BCUT2D eigenvalue weighted by Crippen LogP contribution is 2.13. The fourth-order valence-corrected chi connectivity index (χ4v) is 2.49. The Kier molecular flexibility index (Phi) is 9.37. The topological polar surface area (TPSA) is 123 Å². The number of amides is 3. The van der Waals surface area contributed by atoms with Crippen LogP contribution in [0.4, 0.5) is 4.79 Å². The van der Waals surface area contributed by atoms with Gasteiger partial charge in [-0.3, -0.25) is 14.4 Å². The Balaban J connectivity index is 2.75. The Morgan fingerprint density at radius 2 is 1.93 bits per heavy atom. The second-order valence-electron chi connectivity index (χ2n) is 8.44.